The van der Waals surface area contributed by atoms with E-state index in [-0.39, 0.29) is 22.7 Å². The van der Waals surface area contributed by atoms with E-state index in [0.717, 1.165) is 25.8 Å². The van der Waals surface area contributed by atoms with Crippen LogP contribution < -0.4 is 0 Å². The predicted molar refractivity (Wildman–Crippen MR) is 77.0 cm³/mol. The molecule has 0 aliphatic carbocycles. The first-order chi connectivity index (χ1) is 8.56. The molecule has 2 atom stereocenters. The number of carbonyl (C=O) groups is 1. The molecular weight excluding hydrogens is 238 g/mol. The average molecular weight is 267 g/mol. The summed E-state index contributed by atoms with van der Waals surface area (Å²) in [5.74, 6) is 0.323. The summed E-state index contributed by atoms with van der Waals surface area (Å²) in [7, 11) is 0. The Hall–Kier alpha value is -0.570. The van der Waals surface area contributed by atoms with E-state index in [0.29, 0.717) is 12.3 Å². The second kappa shape index (κ2) is 4.47. The summed E-state index contributed by atoms with van der Waals surface area (Å²) in [5, 5.41) is 0. The SMILES string of the molecule is CC(C)(C)OC(C(C)(C)C)C12CCCN1C(=O)CC2. The zero-order chi connectivity index (χ0) is 14.5. The van der Waals surface area contributed by atoms with Crippen LogP contribution in [-0.2, 0) is 9.53 Å². The number of hydrogen-bond donors (Lipinski definition) is 0. The fourth-order valence-corrected chi connectivity index (χ4v) is 3.84. The van der Waals surface area contributed by atoms with Crippen LogP contribution >= 0.6 is 0 Å². The minimum absolute atomic E-state index is 0.0422. The zero-order valence-corrected chi connectivity index (χ0v) is 13.4. The lowest BCUT2D eigenvalue weighted by Crippen LogP contribution is -2.58. The van der Waals surface area contributed by atoms with Gasteiger partial charge in [-0.2, -0.15) is 0 Å². The minimum atomic E-state index is -0.174. The van der Waals surface area contributed by atoms with Gasteiger partial charge in [-0.15, -0.1) is 0 Å². The van der Waals surface area contributed by atoms with E-state index in [1.807, 2.05) is 0 Å². The van der Waals surface area contributed by atoms with Crippen LogP contribution in [0, 0.1) is 5.41 Å². The highest BCUT2D eigenvalue weighted by Crippen LogP contribution is 2.49. The lowest BCUT2D eigenvalue weighted by atomic mass is 9.73. The maximum absolute atomic E-state index is 12.1. The first kappa shape index (κ1) is 14.8. The first-order valence-corrected chi connectivity index (χ1v) is 7.55. The smallest absolute Gasteiger partial charge is 0.223 e. The fourth-order valence-electron chi connectivity index (χ4n) is 3.84. The van der Waals surface area contributed by atoms with E-state index in [1.165, 1.54) is 0 Å². The number of fused-ring (bicyclic) bond motifs is 1. The quantitative estimate of drug-likeness (QED) is 0.767. The first-order valence-electron chi connectivity index (χ1n) is 7.55. The Labute approximate surface area is 117 Å². The van der Waals surface area contributed by atoms with Crippen LogP contribution in [0.1, 0.15) is 67.2 Å². The van der Waals surface area contributed by atoms with E-state index in [4.69, 9.17) is 4.74 Å². The highest BCUT2D eigenvalue weighted by atomic mass is 16.5. The van der Waals surface area contributed by atoms with Crippen molar-refractivity contribution < 1.29 is 9.53 Å². The van der Waals surface area contributed by atoms with Crippen LogP contribution in [0.2, 0.25) is 0 Å². The third-order valence-corrected chi connectivity index (χ3v) is 4.35. The third-order valence-electron chi connectivity index (χ3n) is 4.35. The summed E-state index contributed by atoms with van der Waals surface area (Å²) in [4.78, 5) is 14.2. The molecular formula is C16H29NO2. The van der Waals surface area contributed by atoms with Crippen LogP contribution in [0.25, 0.3) is 0 Å². The van der Waals surface area contributed by atoms with Crippen LogP contribution in [0.4, 0.5) is 0 Å². The molecule has 0 N–H and O–H groups in total. The van der Waals surface area contributed by atoms with E-state index in [2.05, 4.69) is 46.4 Å². The van der Waals surface area contributed by atoms with Gasteiger partial charge in [0.2, 0.25) is 5.91 Å². The van der Waals surface area contributed by atoms with E-state index < -0.39 is 0 Å². The van der Waals surface area contributed by atoms with Gasteiger partial charge in [-0.1, -0.05) is 20.8 Å². The minimum Gasteiger partial charge on any atom is -0.370 e. The van der Waals surface area contributed by atoms with Crippen molar-refractivity contribution in [2.75, 3.05) is 6.54 Å². The topological polar surface area (TPSA) is 29.5 Å². The number of amides is 1. The van der Waals surface area contributed by atoms with Gasteiger partial charge < -0.3 is 9.64 Å². The molecule has 2 fully saturated rings. The Morgan fingerprint density at radius 1 is 1.16 bits per heavy atom. The van der Waals surface area contributed by atoms with Gasteiger partial charge in [0.25, 0.3) is 0 Å². The van der Waals surface area contributed by atoms with Gasteiger partial charge in [-0.25, -0.2) is 0 Å². The van der Waals surface area contributed by atoms with Crippen molar-refractivity contribution in [3.63, 3.8) is 0 Å². The molecule has 0 saturated carbocycles. The maximum Gasteiger partial charge on any atom is 0.223 e. The van der Waals surface area contributed by atoms with Gasteiger partial charge >= 0.3 is 0 Å². The monoisotopic (exact) mass is 267 g/mol. The lowest BCUT2D eigenvalue weighted by Gasteiger charge is -2.48. The zero-order valence-electron chi connectivity index (χ0n) is 13.4. The summed E-state index contributed by atoms with van der Waals surface area (Å²) in [6, 6.07) is 0. The van der Waals surface area contributed by atoms with Gasteiger partial charge in [-0.05, 0) is 45.4 Å². The molecule has 0 spiro atoms. The molecule has 3 nitrogen and oxygen atoms in total. The number of ether oxygens (including phenoxy) is 1. The molecule has 19 heavy (non-hydrogen) atoms. The molecule has 0 bridgehead atoms. The van der Waals surface area contributed by atoms with Gasteiger partial charge in [-0.3, -0.25) is 4.79 Å². The molecule has 2 rings (SSSR count). The number of nitrogens with zero attached hydrogens (tertiary/aromatic N) is 1. The Morgan fingerprint density at radius 2 is 1.79 bits per heavy atom. The van der Waals surface area contributed by atoms with E-state index in [1.54, 1.807) is 0 Å². The second-order valence-electron chi connectivity index (χ2n) is 8.23. The van der Waals surface area contributed by atoms with Crippen LogP contribution in [0.5, 0.6) is 0 Å². The Kier molecular flexibility index (Phi) is 3.49. The summed E-state index contributed by atoms with van der Waals surface area (Å²) in [6.45, 7) is 13.9. The molecule has 2 heterocycles. The summed E-state index contributed by atoms with van der Waals surface area (Å²) >= 11 is 0. The Bertz CT molecular complexity index is 364. The van der Waals surface area contributed by atoms with Crippen molar-refractivity contribution in [3.8, 4) is 0 Å². The van der Waals surface area contributed by atoms with Crippen molar-refractivity contribution in [1.29, 1.82) is 0 Å². The molecule has 0 aromatic rings. The van der Waals surface area contributed by atoms with Crippen molar-refractivity contribution in [1.82, 2.24) is 4.90 Å². The molecule has 110 valence electrons. The van der Waals surface area contributed by atoms with Crippen molar-refractivity contribution in [2.45, 2.75) is 84.5 Å². The lowest BCUT2D eigenvalue weighted by molar-refractivity contribution is -0.165. The van der Waals surface area contributed by atoms with Crippen molar-refractivity contribution in [3.05, 3.63) is 0 Å². The molecule has 2 aliphatic heterocycles. The molecule has 3 heteroatoms. The van der Waals surface area contributed by atoms with Crippen LogP contribution in [0.15, 0.2) is 0 Å². The Balaban J connectivity index is 2.35. The second-order valence-corrected chi connectivity index (χ2v) is 8.23. The molecule has 2 unspecified atom stereocenters. The molecule has 1 amide bonds. The van der Waals surface area contributed by atoms with Crippen LogP contribution in [-0.4, -0.2) is 34.6 Å². The molecule has 2 saturated heterocycles. The number of carbonyl (C=O) groups excluding carboxylic acids is 1. The van der Waals surface area contributed by atoms with Gasteiger partial charge in [0.05, 0.1) is 17.2 Å². The van der Waals surface area contributed by atoms with Crippen molar-refractivity contribution >= 4 is 5.91 Å². The van der Waals surface area contributed by atoms with Crippen molar-refractivity contribution in [2.24, 2.45) is 5.41 Å². The van der Waals surface area contributed by atoms with Crippen LogP contribution in [0.3, 0.4) is 0 Å². The highest BCUT2D eigenvalue weighted by molar-refractivity contribution is 5.80. The molecule has 0 aromatic heterocycles. The molecule has 0 aromatic carbocycles. The summed E-state index contributed by atoms with van der Waals surface area (Å²) in [5.41, 5.74) is -0.185. The fraction of sp³-hybridized carbons (Fsp3) is 0.938. The van der Waals surface area contributed by atoms with Gasteiger partial charge in [0.1, 0.15) is 0 Å². The maximum atomic E-state index is 12.1. The predicted octanol–water partition coefficient (Wildman–Crippen LogP) is 3.37. The number of hydrogen-bond acceptors (Lipinski definition) is 2. The number of rotatable bonds is 2. The standard InChI is InChI=1S/C16H29NO2/c1-14(2,3)13(19-15(4,5)6)16-9-7-11-17(16)12(18)8-10-16/h13H,7-11H2,1-6H3. The van der Waals surface area contributed by atoms with E-state index >= 15 is 0 Å². The van der Waals surface area contributed by atoms with Gasteiger partial charge in [0.15, 0.2) is 0 Å². The van der Waals surface area contributed by atoms with Gasteiger partial charge in [0, 0.05) is 13.0 Å². The summed E-state index contributed by atoms with van der Waals surface area (Å²) in [6.07, 6.45) is 3.97. The van der Waals surface area contributed by atoms with E-state index in [9.17, 15) is 4.79 Å². The largest absolute Gasteiger partial charge is 0.370 e. The average Bonchev–Trinajstić information content (AvgIpc) is 2.75. The summed E-state index contributed by atoms with van der Waals surface area (Å²) < 4.78 is 6.45. The molecule has 2 aliphatic rings. The highest BCUT2D eigenvalue weighted by Gasteiger charge is 2.57. The molecule has 0 radical (unpaired) electrons. The normalized spacial score (nSPS) is 29.8. The Morgan fingerprint density at radius 3 is 2.32 bits per heavy atom. The third kappa shape index (κ3) is 2.67.